The number of rotatable bonds is 4. The third-order valence-corrected chi connectivity index (χ3v) is 5.16. The standard InChI is InChI=1S/C19H21FN4O/c1-13(14-4-6-16(20)7-5-14)23-8-10-24(11-9-23)19-17(12-21)22-18(25-19)15-2-3-15/h4-7,13,15H,2-3,8-11H2,1H3/t13-/m1/s1. The number of nitrogens with zero attached hydrogens (tertiary/aromatic N) is 4. The lowest BCUT2D eigenvalue weighted by atomic mass is 10.1. The molecule has 1 aromatic carbocycles. The Kier molecular flexibility index (Phi) is 4.18. The summed E-state index contributed by atoms with van der Waals surface area (Å²) in [6.07, 6.45) is 2.21. The quantitative estimate of drug-likeness (QED) is 0.853. The molecule has 0 amide bonds. The summed E-state index contributed by atoms with van der Waals surface area (Å²) in [5.41, 5.74) is 1.52. The second kappa shape index (κ2) is 6.49. The first-order chi connectivity index (χ1) is 12.2. The molecule has 1 atom stereocenters. The van der Waals surface area contributed by atoms with Crippen molar-refractivity contribution in [2.45, 2.75) is 31.7 Å². The molecule has 0 unspecified atom stereocenters. The average Bonchev–Trinajstić information content (AvgIpc) is 3.41. The first kappa shape index (κ1) is 16.1. The van der Waals surface area contributed by atoms with Crippen LogP contribution >= 0.6 is 0 Å². The normalized spacial score (nSPS) is 19.6. The molecule has 6 heteroatoms. The van der Waals surface area contributed by atoms with Gasteiger partial charge in [-0.2, -0.15) is 5.26 Å². The van der Waals surface area contributed by atoms with Gasteiger partial charge in [0.25, 0.3) is 0 Å². The van der Waals surface area contributed by atoms with Crippen LogP contribution in [-0.4, -0.2) is 36.1 Å². The molecule has 0 radical (unpaired) electrons. The highest BCUT2D eigenvalue weighted by Gasteiger charge is 2.32. The van der Waals surface area contributed by atoms with Gasteiger partial charge in [-0.1, -0.05) is 12.1 Å². The van der Waals surface area contributed by atoms with E-state index in [0.29, 0.717) is 23.4 Å². The molecule has 2 heterocycles. The van der Waals surface area contributed by atoms with Gasteiger partial charge in [0.15, 0.2) is 0 Å². The molecule has 25 heavy (non-hydrogen) atoms. The predicted molar refractivity (Wildman–Crippen MR) is 91.8 cm³/mol. The number of anilines is 1. The fourth-order valence-corrected chi connectivity index (χ4v) is 3.38. The molecule has 5 nitrogen and oxygen atoms in total. The third kappa shape index (κ3) is 3.24. The first-order valence-corrected chi connectivity index (χ1v) is 8.81. The highest BCUT2D eigenvalue weighted by Crippen LogP contribution is 2.41. The van der Waals surface area contributed by atoms with Crippen LogP contribution in [0.25, 0.3) is 0 Å². The maximum Gasteiger partial charge on any atom is 0.234 e. The number of halogens is 1. The van der Waals surface area contributed by atoms with E-state index in [1.54, 1.807) is 0 Å². The Morgan fingerprint density at radius 3 is 2.48 bits per heavy atom. The minimum absolute atomic E-state index is 0.207. The molecule has 4 rings (SSSR count). The Hall–Kier alpha value is -2.39. The summed E-state index contributed by atoms with van der Waals surface area (Å²) in [5, 5.41) is 9.34. The van der Waals surface area contributed by atoms with Crippen LogP contribution in [0.5, 0.6) is 0 Å². The summed E-state index contributed by atoms with van der Waals surface area (Å²) in [4.78, 5) is 8.84. The molecule has 2 fully saturated rings. The Balaban J connectivity index is 1.43. The minimum Gasteiger partial charge on any atom is -0.423 e. The van der Waals surface area contributed by atoms with E-state index in [4.69, 9.17) is 4.42 Å². The molecule has 1 saturated heterocycles. The average molecular weight is 340 g/mol. The highest BCUT2D eigenvalue weighted by atomic mass is 19.1. The van der Waals surface area contributed by atoms with Crippen LogP contribution in [0.1, 0.15) is 48.9 Å². The van der Waals surface area contributed by atoms with Crippen molar-refractivity contribution in [2.75, 3.05) is 31.1 Å². The topological polar surface area (TPSA) is 56.3 Å². The van der Waals surface area contributed by atoms with Crippen molar-refractivity contribution in [3.8, 4) is 6.07 Å². The molecule has 1 aliphatic heterocycles. The van der Waals surface area contributed by atoms with Gasteiger partial charge in [0.2, 0.25) is 17.5 Å². The van der Waals surface area contributed by atoms with Gasteiger partial charge in [0.05, 0.1) is 0 Å². The van der Waals surface area contributed by atoms with Crippen molar-refractivity contribution < 1.29 is 8.81 Å². The van der Waals surface area contributed by atoms with Gasteiger partial charge >= 0.3 is 0 Å². The Labute approximate surface area is 146 Å². The first-order valence-electron chi connectivity index (χ1n) is 8.81. The number of oxazole rings is 1. The van der Waals surface area contributed by atoms with Gasteiger partial charge < -0.3 is 9.32 Å². The Morgan fingerprint density at radius 2 is 1.88 bits per heavy atom. The van der Waals surface area contributed by atoms with Crippen molar-refractivity contribution in [3.05, 3.63) is 47.2 Å². The van der Waals surface area contributed by atoms with Crippen molar-refractivity contribution in [1.29, 1.82) is 5.26 Å². The van der Waals surface area contributed by atoms with E-state index < -0.39 is 0 Å². The monoisotopic (exact) mass is 340 g/mol. The molecule has 0 N–H and O–H groups in total. The van der Waals surface area contributed by atoms with Gasteiger partial charge in [-0.25, -0.2) is 9.37 Å². The minimum atomic E-state index is -0.207. The zero-order valence-electron chi connectivity index (χ0n) is 14.3. The number of piperazine rings is 1. The van der Waals surface area contributed by atoms with Crippen LogP contribution in [0, 0.1) is 17.1 Å². The fourth-order valence-electron chi connectivity index (χ4n) is 3.38. The molecule has 130 valence electrons. The fraction of sp³-hybridized carbons (Fsp3) is 0.474. The van der Waals surface area contributed by atoms with Crippen molar-refractivity contribution >= 4 is 5.88 Å². The van der Waals surface area contributed by atoms with Crippen LogP contribution < -0.4 is 4.90 Å². The smallest absolute Gasteiger partial charge is 0.234 e. The number of hydrogen-bond donors (Lipinski definition) is 0. The van der Waals surface area contributed by atoms with Gasteiger partial charge in [-0.05, 0) is 37.5 Å². The van der Waals surface area contributed by atoms with E-state index in [0.717, 1.165) is 44.6 Å². The van der Waals surface area contributed by atoms with E-state index in [1.807, 2.05) is 12.1 Å². The van der Waals surface area contributed by atoms with Crippen LogP contribution in [-0.2, 0) is 0 Å². The lowest BCUT2D eigenvalue weighted by Crippen LogP contribution is -2.47. The van der Waals surface area contributed by atoms with E-state index in [1.165, 1.54) is 12.1 Å². The van der Waals surface area contributed by atoms with Gasteiger partial charge in [0.1, 0.15) is 11.9 Å². The summed E-state index contributed by atoms with van der Waals surface area (Å²) >= 11 is 0. The molecule has 2 aromatic rings. The van der Waals surface area contributed by atoms with Gasteiger partial charge in [0, 0.05) is 38.1 Å². The van der Waals surface area contributed by atoms with Crippen molar-refractivity contribution in [2.24, 2.45) is 0 Å². The van der Waals surface area contributed by atoms with Crippen molar-refractivity contribution in [1.82, 2.24) is 9.88 Å². The maximum absolute atomic E-state index is 13.1. The predicted octanol–water partition coefficient (Wildman–Crippen LogP) is 3.45. The van der Waals surface area contributed by atoms with Crippen molar-refractivity contribution in [3.63, 3.8) is 0 Å². The SMILES string of the molecule is C[C@H](c1ccc(F)cc1)N1CCN(c2oc(C3CC3)nc2C#N)CC1. The summed E-state index contributed by atoms with van der Waals surface area (Å²) in [5.74, 6) is 1.54. The Bertz CT molecular complexity index is 783. The maximum atomic E-state index is 13.1. The van der Waals surface area contributed by atoms with E-state index in [2.05, 4.69) is 27.8 Å². The second-order valence-electron chi connectivity index (χ2n) is 6.84. The zero-order valence-corrected chi connectivity index (χ0v) is 14.3. The van der Waals surface area contributed by atoms with Crippen LogP contribution in [0.4, 0.5) is 10.3 Å². The third-order valence-electron chi connectivity index (χ3n) is 5.16. The molecule has 1 aromatic heterocycles. The lowest BCUT2D eigenvalue weighted by Gasteiger charge is -2.38. The zero-order chi connectivity index (χ0) is 17.4. The van der Waals surface area contributed by atoms with Gasteiger partial charge in [-0.15, -0.1) is 0 Å². The van der Waals surface area contributed by atoms with E-state index >= 15 is 0 Å². The largest absolute Gasteiger partial charge is 0.423 e. The number of benzene rings is 1. The number of nitriles is 1. The van der Waals surface area contributed by atoms with Gasteiger partial charge in [-0.3, -0.25) is 4.90 Å². The molecule has 0 bridgehead atoms. The Morgan fingerprint density at radius 1 is 1.20 bits per heavy atom. The lowest BCUT2D eigenvalue weighted by molar-refractivity contribution is 0.196. The molecular formula is C19H21FN4O. The summed E-state index contributed by atoms with van der Waals surface area (Å²) in [6, 6.07) is 9.11. The molecule has 1 saturated carbocycles. The van der Waals surface area contributed by atoms with Crippen LogP contribution in [0.15, 0.2) is 28.7 Å². The number of hydrogen-bond acceptors (Lipinski definition) is 5. The molecule has 0 spiro atoms. The molecular weight excluding hydrogens is 319 g/mol. The molecule has 2 aliphatic rings. The van der Waals surface area contributed by atoms with Crippen LogP contribution in [0.2, 0.25) is 0 Å². The second-order valence-corrected chi connectivity index (χ2v) is 6.84. The number of aromatic nitrogens is 1. The van der Waals surface area contributed by atoms with Crippen LogP contribution in [0.3, 0.4) is 0 Å². The summed E-state index contributed by atoms with van der Waals surface area (Å²) in [7, 11) is 0. The summed E-state index contributed by atoms with van der Waals surface area (Å²) in [6.45, 7) is 5.45. The summed E-state index contributed by atoms with van der Waals surface area (Å²) < 4.78 is 19.0. The molecule has 1 aliphatic carbocycles. The van der Waals surface area contributed by atoms with E-state index in [-0.39, 0.29) is 11.9 Å². The highest BCUT2D eigenvalue weighted by molar-refractivity contribution is 5.49. The van der Waals surface area contributed by atoms with E-state index in [9.17, 15) is 9.65 Å².